The van der Waals surface area contributed by atoms with Crippen molar-refractivity contribution < 1.29 is 4.42 Å². The standard InChI is InChI=1S/C10H17N3O/c1-7-4-3-5-9(7)11-6-10-13-12-8(2)14-10/h7,9,11H,3-6H2,1-2H3. The monoisotopic (exact) mass is 195 g/mol. The van der Waals surface area contributed by atoms with Crippen LogP contribution in [0.3, 0.4) is 0 Å². The Bertz CT molecular complexity index is 297. The van der Waals surface area contributed by atoms with Gasteiger partial charge in [-0.05, 0) is 18.8 Å². The Morgan fingerprint density at radius 1 is 1.43 bits per heavy atom. The Labute approximate surface area is 84.1 Å². The fourth-order valence-corrected chi connectivity index (χ4v) is 2.08. The number of hydrogen-bond donors (Lipinski definition) is 1. The van der Waals surface area contributed by atoms with Gasteiger partial charge in [-0.1, -0.05) is 13.3 Å². The number of aromatic nitrogens is 2. The van der Waals surface area contributed by atoms with Crippen molar-refractivity contribution in [2.24, 2.45) is 5.92 Å². The molecule has 1 saturated carbocycles. The SMILES string of the molecule is Cc1nnc(CNC2CCCC2C)o1. The number of rotatable bonds is 3. The lowest BCUT2D eigenvalue weighted by Gasteiger charge is -2.15. The number of hydrogen-bond acceptors (Lipinski definition) is 4. The highest BCUT2D eigenvalue weighted by atomic mass is 16.4. The van der Waals surface area contributed by atoms with E-state index in [0.717, 1.165) is 5.92 Å². The molecule has 1 fully saturated rings. The second-order valence-corrected chi connectivity index (χ2v) is 4.11. The molecule has 0 amide bonds. The molecule has 1 N–H and O–H groups in total. The van der Waals surface area contributed by atoms with Crippen LogP contribution in [0.1, 0.15) is 38.0 Å². The summed E-state index contributed by atoms with van der Waals surface area (Å²) < 4.78 is 5.29. The summed E-state index contributed by atoms with van der Waals surface area (Å²) in [5.41, 5.74) is 0. The van der Waals surface area contributed by atoms with Gasteiger partial charge >= 0.3 is 0 Å². The van der Waals surface area contributed by atoms with Crippen molar-refractivity contribution in [1.82, 2.24) is 15.5 Å². The van der Waals surface area contributed by atoms with Crippen molar-refractivity contribution in [1.29, 1.82) is 0 Å². The van der Waals surface area contributed by atoms with Crippen molar-refractivity contribution in [2.75, 3.05) is 0 Å². The molecule has 2 rings (SSSR count). The molecule has 2 unspecified atom stereocenters. The second-order valence-electron chi connectivity index (χ2n) is 4.11. The summed E-state index contributed by atoms with van der Waals surface area (Å²) in [5.74, 6) is 2.11. The molecule has 0 aromatic carbocycles. The van der Waals surface area contributed by atoms with Crippen molar-refractivity contribution >= 4 is 0 Å². The van der Waals surface area contributed by atoms with Gasteiger partial charge in [-0.3, -0.25) is 0 Å². The van der Waals surface area contributed by atoms with Gasteiger partial charge in [0, 0.05) is 13.0 Å². The van der Waals surface area contributed by atoms with Crippen LogP contribution in [0.5, 0.6) is 0 Å². The van der Waals surface area contributed by atoms with Crippen LogP contribution in [-0.4, -0.2) is 16.2 Å². The molecule has 4 nitrogen and oxygen atoms in total. The van der Waals surface area contributed by atoms with Crippen molar-refractivity contribution in [3.05, 3.63) is 11.8 Å². The van der Waals surface area contributed by atoms with Gasteiger partial charge in [0.25, 0.3) is 0 Å². The summed E-state index contributed by atoms with van der Waals surface area (Å²) in [4.78, 5) is 0. The summed E-state index contributed by atoms with van der Waals surface area (Å²) in [5, 5.41) is 11.2. The molecule has 0 saturated heterocycles. The van der Waals surface area contributed by atoms with Gasteiger partial charge in [0.1, 0.15) is 0 Å². The third kappa shape index (κ3) is 2.12. The fourth-order valence-electron chi connectivity index (χ4n) is 2.08. The normalized spacial score (nSPS) is 27.0. The van der Waals surface area contributed by atoms with Gasteiger partial charge in [0.15, 0.2) is 0 Å². The summed E-state index contributed by atoms with van der Waals surface area (Å²) in [6.07, 6.45) is 3.94. The Hall–Kier alpha value is -0.900. The molecule has 1 aromatic heterocycles. The summed E-state index contributed by atoms with van der Waals surface area (Å²) in [6.45, 7) is 4.81. The summed E-state index contributed by atoms with van der Waals surface area (Å²) in [7, 11) is 0. The zero-order valence-electron chi connectivity index (χ0n) is 8.79. The van der Waals surface area contributed by atoms with Gasteiger partial charge in [-0.15, -0.1) is 10.2 Å². The minimum atomic E-state index is 0.627. The maximum Gasteiger partial charge on any atom is 0.230 e. The van der Waals surface area contributed by atoms with Crippen LogP contribution >= 0.6 is 0 Å². The van der Waals surface area contributed by atoms with E-state index in [9.17, 15) is 0 Å². The van der Waals surface area contributed by atoms with Crippen LogP contribution in [0.2, 0.25) is 0 Å². The molecule has 4 heteroatoms. The predicted octanol–water partition coefficient (Wildman–Crippen LogP) is 1.66. The maximum absolute atomic E-state index is 5.29. The molecular formula is C10H17N3O. The van der Waals surface area contributed by atoms with E-state index in [0.29, 0.717) is 24.4 Å². The first-order valence-electron chi connectivity index (χ1n) is 5.28. The van der Waals surface area contributed by atoms with Gasteiger partial charge in [-0.2, -0.15) is 0 Å². The van der Waals surface area contributed by atoms with Crippen LogP contribution in [0, 0.1) is 12.8 Å². The fraction of sp³-hybridized carbons (Fsp3) is 0.800. The minimum absolute atomic E-state index is 0.627. The average molecular weight is 195 g/mol. The van der Waals surface area contributed by atoms with E-state index in [-0.39, 0.29) is 0 Å². The van der Waals surface area contributed by atoms with Gasteiger partial charge < -0.3 is 9.73 Å². The van der Waals surface area contributed by atoms with Crippen LogP contribution < -0.4 is 5.32 Å². The quantitative estimate of drug-likeness (QED) is 0.796. The number of nitrogens with zero attached hydrogens (tertiary/aromatic N) is 2. The molecule has 0 bridgehead atoms. The van der Waals surface area contributed by atoms with Crippen molar-refractivity contribution in [3.8, 4) is 0 Å². The van der Waals surface area contributed by atoms with Gasteiger partial charge in [-0.25, -0.2) is 0 Å². The summed E-state index contributed by atoms with van der Waals surface area (Å²) in [6, 6.07) is 0.627. The minimum Gasteiger partial charge on any atom is -0.424 e. The molecule has 0 radical (unpaired) electrons. The van der Waals surface area contributed by atoms with Gasteiger partial charge in [0.2, 0.25) is 11.8 Å². The maximum atomic E-state index is 5.29. The number of nitrogens with one attached hydrogen (secondary N) is 1. The van der Waals surface area contributed by atoms with E-state index in [2.05, 4.69) is 22.4 Å². The molecule has 0 aliphatic heterocycles. The topological polar surface area (TPSA) is 51.0 Å². The van der Waals surface area contributed by atoms with Crippen molar-refractivity contribution in [3.63, 3.8) is 0 Å². The van der Waals surface area contributed by atoms with Crippen LogP contribution in [0.15, 0.2) is 4.42 Å². The first kappa shape index (κ1) is 9.65. The third-order valence-corrected chi connectivity index (χ3v) is 2.94. The average Bonchev–Trinajstić information content (AvgIpc) is 2.72. The molecule has 1 aliphatic carbocycles. The smallest absolute Gasteiger partial charge is 0.230 e. The van der Waals surface area contributed by atoms with E-state index >= 15 is 0 Å². The van der Waals surface area contributed by atoms with Crippen molar-refractivity contribution in [2.45, 2.75) is 45.7 Å². The Morgan fingerprint density at radius 2 is 2.29 bits per heavy atom. The van der Waals surface area contributed by atoms with Crippen LogP contribution in [0.4, 0.5) is 0 Å². The lowest BCUT2D eigenvalue weighted by molar-refractivity contribution is 0.383. The third-order valence-electron chi connectivity index (χ3n) is 2.94. The van der Waals surface area contributed by atoms with Gasteiger partial charge in [0.05, 0.1) is 6.54 Å². The van der Waals surface area contributed by atoms with E-state index in [1.165, 1.54) is 19.3 Å². The van der Waals surface area contributed by atoms with E-state index < -0.39 is 0 Å². The first-order valence-corrected chi connectivity index (χ1v) is 5.28. The van der Waals surface area contributed by atoms with E-state index in [1.807, 2.05) is 6.92 Å². The lowest BCUT2D eigenvalue weighted by atomic mass is 10.1. The highest BCUT2D eigenvalue weighted by Crippen LogP contribution is 2.24. The Morgan fingerprint density at radius 3 is 2.86 bits per heavy atom. The molecule has 0 spiro atoms. The Kier molecular flexibility index (Phi) is 2.82. The predicted molar refractivity (Wildman–Crippen MR) is 52.7 cm³/mol. The number of aryl methyl sites for hydroxylation is 1. The zero-order valence-corrected chi connectivity index (χ0v) is 8.79. The highest BCUT2D eigenvalue weighted by Gasteiger charge is 2.22. The molecule has 78 valence electrons. The van der Waals surface area contributed by atoms with Crippen LogP contribution in [0.25, 0.3) is 0 Å². The van der Waals surface area contributed by atoms with E-state index in [1.54, 1.807) is 0 Å². The molecule has 1 heterocycles. The molecule has 2 atom stereocenters. The lowest BCUT2D eigenvalue weighted by Crippen LogP contribution is -2.30. The largest absolute Gasteiger partial charge is 0.424 e. The summed E-state index contributed by atoms with van der Waals surface area (Å²) >= 11 is 0. The first-order chi connectivity index (χ1) is 6.75. The Balaban J connectivity index is 1.82. The highest BCUT2D eigenvalue weighted by molar-refractivity contribution is 4.84. The van der Waals surface area contributed by atoms with Crippen LogP contribution in [-0.2, 0) is 6.54 Å². The second kappa shape index (κ2) is 4.09. The molecule has 1 aliphatic rings. The van der Waals surface area contributed by atoms with E-state index in [4.69, 9.17) is 4.42 Å². The molecule has 1 aromatic rings. The molecule has 14 heavy (non-hydrogen) atoms. The molecular weight excluding hydrogens is 178 g/mol. The zero-order chi connectivity index (χ0) is 9.97.